The molecule has 11 heteroatoms. The second-order valence-electron chi connectivity index (χ2n) is 4.53. The van der Waals surface area contributed by atoms with Gasteiger partial charge in [-0.05, 0) is 0 Å². The molecular formula is C14HClF9N. The van der Waals surface area contributed by atoms with Crippen molar-refractivity contribution in [3.63, 3.8) is 0 Å². The second kappa shape index (κ2) is 6.48. The monoisotopic (exact) mass is 389 g/mol. The van der Waals surface area contributed by atoms with Crippen molar-refractivity contribution in [2.24, 2.45) is 0 Å². The molecule has 0 fully saturated rings. The molecule has 0 aliphatic carbocycles. The molecule has 1 atom stereocenters. The number of benzene rings is 2. The van der Waals surface area contributed by atoms with Crippen molar-refractivity contribution < 1.29 is 39.5 Å². The third-order valence-corrected chi connectivity index (χ3v) is 3.53. The Morgan fingerprint density at radius 1 is 0.560 bits per heavy atom. The Hall–Kier alpha value is -2.41. The van der Waals surface area contributed by atoms with Gasteiger partial charge in [0, 0.05) is 0 Å². The standard InChI is InChI=1S/C14HClF9N/c15-5-10(20)6(16)3(7(17)11(5)21)2(1-25)4-8(18)12(22)14(24)13(23)9(4)19/h2H. The van der Waals surface area contributed by atoms with Crippen LogP contribution in [-0.2, 0) is 0 Å². The van der Waals surface area contributed by atoms with Crippen LogP contribution >= 0.6 is 11.6 Å². The Morgan fingerprint density at radius 2 is 0.840 bits per heavy atom. The fourth-order valence-electron chi connectivity index (χ4n) is 2.02. The summed E-state index contributed by atoms with van der Waals surface area (Å²) in [5, 5.41) is 7.24. The molecule has 1 nitrogen and oxygen atoms in total. The second-order valence-corrected chi connectivity index (χ2v) is 4.91. The highest BCUT2D eigenvalue weighted by molar-refractivity contribution is 6.30. The minimum absolute atomic E-state index is 0.854. The summed E-state index contributed by atoms with van der Waals surface area (Å²) in [5.41, 5.74) is -3.87. The van der Waals surface area contributed by atoms with E-state index in [2.05, 4.69) is 0 Å². The Balaban J connectivity index is 2.93. The quantitative estimate of drug-likeness (QED) is 0.391. The van der Waals surface area contributed by atoms with Gasteiger partial charge in [-0.1, -0.05) is 11.6 Å². The fraction of sp³-hybridized carbons (Fsp3) is 0.0714. The van der Waals surface area contributed by atoms with Gasteiger partial charge in [-0.3, -0.25) is 0 Å². The molecule has 0 N–H and O–H groups in total. The van der Waals surface area contributed by atoms with Crippen molar-refractivity contribution in [2.45, 2.75) is 5.92 Å². The van der Waals surface area contributed by atoms with Gasteiger partial charge in [-0.15, -0.1) is 0 Å². The summed E-state index contributed by atoms with van der Waals surface area (Å²) in [4.78, 5) is 0. The van der Waals surface area contributed by atoms with Crippen LogP contribution in [0.15, 0.2) is 0 Å². The Bertz CT molecular complexity index is 808. The number of rotatable bonds is 2. The van der Waals surface area contributed by atoms with Crippen molar-refractivity contribution in [3.05, 3.63) is 68.5 Å². The lowest BCUT2D eigenvalue weighted by Gasteiger charge is -2.16. The minimum Gasteiger partial charge on any atom is -0.203 e. The first kappa shape index (κ1) is 18.9. The number of halogens is 10. The first-order chi connectivity index (χ1) is 11.6. The summed E-state index contributed by atoms with van der Waals surface area (Å²) in [7, 11) is 0. The predicted octanol–water partition coefficient (Wildman–Crippen LogP) is 5.25. The predicted molar refractivity (Wildman–Crippen MR) is 65.0 cm³/mol. The van der Waals surface area contributed by atoms with E-state index in [-0.39, 0.29) is 0 Å². The van der Waals surface area contributed by atoms with Crippen LogP contribution in [0.5, 0.6) is 0 Å². The van der Waals surface area contributed by atoms with E-state index < -0.39 is 74.4 Å². The molecule has 2 aromatic carbocycles. The molecule has 25 heavy (non-hydrogen) atoms. The molecule has 132 valence electrons. The molecule has 0 aliphatic rings. The van der Waals surface area contributed by atoms with Gasteiger partial charge >= 0.3 is 0 Å². The van der Waals surface area contributed by atoms with Crippen LogP contribution in [0.3, 0.4) is 0 Å². The first-order valence-electron chi connectivity index (χ1n) is 5.98. The highest BCUT2D eigenvalue weighted by atomic mass is 35.5. The molecule has 0 aliphatic heterocycles. The lowest BCUT2D eigenvalue weighted by atomic mass is 9.90. The van der Waals surface area contributed by atoms with Gasteiger partial charge in [0.25, 0.3) is 0 Å². The average Bonchev–Trinajstić information content (AvgIpc) is 2.60. The van der Waals surface area contributed by atoms with Crippen LogP contribution < -0.4 is 0 Å². The summed E-state index contributed by atoms with van der Waals surface area (Å²) in [6, 6.07) is 0.854. The fourth-order valence-corrected chi connectivity index (χ4v) is 2.19. The van der Waals surface area contributed by atoms with Gasteiger partial charge in [-0.25, -0.2) is 39.5 Å². The first-order valence-corrected chi connectivity index (χ1v) is 6.36. The molecule has 0 amide bonds. The van der Waals surface area contributed by atoms with Crippen molar-refractivity contribution >= 4 is 11.6 Å². The van der Waals surface area contributed by atoms with Crippen molar-refractivity contribution in [1.29, 1.82) is 5.26 Å². The van der Waals surface area contributed by atoms with Crippen molar-refractivity contribution in [2.75, 3.05) is 0 Å². The van der Waals surface area contributed by atoms with E-state index in [9.17, 15) is 39.5 Å². The highest BCUT2D eigenvalue weighted by Crippen LogP contribution is 2.38. The summed E-state index contributed by atoms with van der Waals surface area (Å²) >= 11 is 4.96. The van der Waals surface area contributed by atoms with E-state index in [4.69, 9.17) is 16.9 Å². The zero-order valence-electron chi connectivity index (χ0n) is 11.3. The SMILES string of the molecule is N#CC(c1c(F)c(F)c(F)c(F)c1F)c1c(F)c(F)c(Cl)c(F)c1F. The Labute approximate surface area is 137 Å². The van der Waals surface area contributed by atoms with E-state index in [1.54, 1.807) is 0 Å². The van der Waals surface area contributed by atoms with Crippen LogP contribution in [0, 0.1) is 63.7 Å². The van der Waals surface area contributed by atoms with Gasteiger partial charge in [0.2, 0.25) is 5.82 Å². The lowest BCUT2D eigenvalue weighted by Crippen LogP contribution is -2.16. The molecule has 0 radical (unpaired) electrons. The van der Waals surface area contributed by atoms with Crippen molar-refractivity contribution in [3.8, 4) is 6.07 Å². The van der Waals surface area contributed by atoms with Crippen molar-refractivity contribution in [1.82, 2.24) is 0 Å². The normalized spacial score (nSPS) is 12.2. The summed E-state index contributed by atoms with van der Waals surface area (Å²) < 4.78 is 122. The summed E-state index contributed by atoms with van der Waals surface area (Å²) in [6.45, 7) is 0. The van der Waals surface area contributed by atoms with E-state index in [0.717, 1.165) is 6.07 Å². The van der Waals surface area contributed by atoms with E-state index in [1.807, 2.05) is 0 Å². The van der Waals surface area contributed by atoms with Gasteiger partial charge in [0.1, 0.15) is 10.9 Å². The molecule has 0 aromatic heterocycles. The van der Waals surface area contributed by atoms with E-state index in [1.165, 1.54) is 0 Å². The maximum atomic E-state index is 13.8. The molecule has 0 saturated carbocycles. The van der Waals surface area contributed by atoms with Gasteiger partial charge in [0.15, 0.2) is 46.5 Å². The molecule has 2 rings (SSSR count). The van der Waals surface area contributed by atoms with E-state index >= 15 is 0 Å². The summed E-state index contributed by atoms with van der Waals surface area (Å²) in [5.74, 6) is -24.7. The number of nitriles is 1. The molecule has 1 unspecified atom stereocenters. The van der Waals surface area contributed by atoms with Crippen LogP contribution in [0.25, 0.3) is 0 Å². The molecule has 0 saturated heterocycles. The minimum atomic E-state index is -2.90. The number of hydrogen-bond donors (Lipinski definition) is 0. The largest absolute Gasteiger partial charge is 0.203 e. The number of hydrogen-bond acceptors (Lipinski definition) is 1. The molecule has 0 spiro atoms. The maximum Gasteiger partial charge on any atom is 0.200 e. The third-order valence-electron chi connectivity index (χ3n) is 3.19. The van der Waals surface area contributed by atoms with Crippen LogP contribution in [0.1, 0.15) is 17.0 Å². The average molecular weight is 390 g/mol. The van der Waals surface area contributed by atoms with Gasteiger partial charge in [-0.2, -0.15) is 5.26 Å². The Kier molecular flexibility index (Phi) is 4.90. The maximum absolute atomic E-state index is 13.8. The van der Waals surface area contributed by atoms with Crippen LogP contribution in [-0.4, -0.2) is 0 Å². The zero-order chi connectivity index (χ0) is 19.2. The van der Waals surface area contributed by atoms with Gasteiger partial charge in [0.05, 0.1) is 17.2 Å². The summed E-state index contributed by atoms with van der Waals surface area (Å²) in [6.07, 6.45) is 0. The van der Waals surface area contributed by atoms with E-state index in [0.29, 0.717) is 0 Å². The van der Waals surface area contributed by atoms with Crippen LogP contribution in [0.4, 0.5) is 39.5 Å². The van der Waals surface area contributed by atoms with Crippen LogP contribution in [0.2, 0.25) is 5.02 Å². The van der Waals surface area contributed by atoms with Gasteiger partial charge < -0.3 is 0 Å². The smallest absolute Gasteiger partial charge is 0.200 e. The Morgan fingerprint density at radius 3 is 1.16 bits per heavy atom. The molecule has 2 aromatic rings. The highest BCUT2D eigenvalue weighted by Gasteiger charge is 2.37. The lowest BCUT2D eigenvalue weighted by molar-refractivity contribution is 0.367. The third kappa shape index (κ3) is 2.68. The molecule has 0 heterocycles. The molecule has 0 bridgehead atoms. The number of nitrogens with zero attached hydrogens (tertiary/aromatic N) is 1. The molecular weight excluding hydrogens is 389 g/mol. The topological polar surface area (TPSA) is 23.8 Å². The zero-order valence-corrected chi connectivity index (χ0v) is 12.1.